The fraction of sp³-hybridized carbons (Fsp3) is 1.00. The van der Waals surface area contributed by atoms with Crippen molar-refractivity contribution >= 4 is 0 Å². The van der Waals surface area contributed by atoms with E-state index in [4.69, 9.17) is 10.5 Å². The van der Waals surface area contributed by atoms with Crippen molar-refractivity contribution in [3.05, 3.63) is 0 Å². The predicted molar refractivity (Wildman–Crippen MR) is 78.9 cm³/mol. The second-order valence-electron chi connectivity index (χ2n) is 8.14. The van der Waals surface area contributed by atoms with Crippen LogP contribution >= 0.6 is 0 Å². The van der Waals surface area contributed by atoms with Crippen LogP contribution < -0.4 is 5.73 Å². The molecule has 19 heavy (non-hydrogen) atoms. The van der Waals surface area contributed by atoms with E-state index in [-0.39, 0.29) is 6.04 Å². The van der Waals surface area contributed by atoms with Crippen molar-refractivity contribution in [3.8, 4) is 0 Å². The van der Waals surface area contributed by atoms with Crippen molar-refractivity contribution in [1.29, 1.82) is 0 Å². The number of hydrogen-bond acceptors (Lipinski definition) is 2. The Morgan fingerprint density at radius 3 is 2.37 bits per heavy atom. The molecule has 3 aliphatic carbocycles. The molecular weight excluding hydrogens is 234 g/mol. The molecule has 3 rings (SSSR count). The summed E-state index contributed by atoms with van der Waals surface area (Å²) in [5.41, 5.74) is 7.18. The van der Waals surface area contributed by atoms with Crippen LogP contribution in [0.15, 0.2) is 0 Å². The van der Waals surface area contributed by atoms with Gasteiger partial charge in [0.05, 0.1) is 12.7 Å². The molecule has 4 unspecified atom stereocenters. The van der Waals surface area contributed by atoms with Crippen molar-refractivity contribution in [2.24, 2.45) is 28.4 Å². The molecule has 3 fully saturated rings. The molecular formula is C17H31NO. The van der Waals surface area contributed by atoms with Gasteiger partial charge < -0.3 is 10.5 Å². The molecule has 2 N–H and O–H groups in total. The average molecular weight is 265 g/mol. The lowest BCUT2D eigenvalue weighted by atomic mass is 9.70. The summed E-state index contributed by atoms with van der Waals surface area (Å²) in [6, 6.07) is 0.272. The van der Waals surface area contributed by atoms with Crippen LogP contribution in [-0.2, 0) is 4.74 Å². The molecule has 0 aromatic heterocycles. The van der Waals surface area contributed by atoms with Gasteiger partial charge in [0.1, 0.15) is 0 Å². The largest absolute Gasteiger partial charge is 0.376 e. The lowest BCUT2D eigenvalue weighted by molar-refractivity contribution is -0.0545. The molecule has 3 saturated carbocycles. The molecule has 2 heteroatoms. The highest BCUT2D eigenvalue weighted by Gasteiger charge is 2.61. The van der Waals surface area contributed by atoms with Crippen molar-refractivity contribution in [2.75, 3.05) is 6.61 Å². The van der Waals surface area contributed by atoms with E-state index < -0.39 is 0 Å². The Labute approximate surface area is 118 Å². The molecule has 110 valence electrons. The fourth-order valence-electron chi connectivity index (χ4n) is 5.13. The maximum atomic E-state index is 6.34. The molecule has 0 aliphatic heterocycles. The number of fused-ring (bicyclic) bond motifs is 2. The Morgan fingerprint density at radius 1 is 1.16 bits per heavy atom. The zero-order valence-corrected chi connectivity index (χ0v) is 13.0. The Balaban J connectivity index is 1.57. The van der Waals surface area contributed by atoms with Crippen molar-refractivity contribution in [3.63, 3.8) is 0 Å². The summed E-state index contributed by atoms with van der Waals surface area (Å²) in [6.45, 7) is 8.13. The molecule has 0 amide bonds. The van der Waals surface area contributed by atoms with Crippen LogP contribution in [0.4, 0.5) is 0 Å². The predicted octanol–water partition coefficient (Wildman–Crippen LogP) is 3.74. The molecule has 0 spiro atoms. The van der Waals surface area contributed by atoms with Gasteiger partial charge in [-0.3, -0.25) is 0 Å². The first-order valence-electron chi connectivity index (χ1n) is 8.32. The Morgan fingerprint density at radius 2 is 1.84 bits per heavy atom. The van der Waals surface area contributed by atoms with Gasteiger partial charge in [-0.25, -0.2) is 0 Å². The third kappa shape index (κ3) is 2.06. The first-order valence-corrected chi connectivity index (χ1v) is 8.32. The van der Waals surface area contributed by atoms with E-state index in [2.05, 4.69) is 20.8 Å². The number of rotatable bonds is 4. The van der Waals surface area contributed by atoms with Crippen LogP contribution in [0.2, 0.25) is 0 Å². The van der Waals surface area contributed by atoms with Crippen LogP contribution in [0.1, 0.15) is 65.7 Å². The second-order valence-corrected chi connectivity index (χ2v) is 8.14. The number of nitrogens with two attached hydrogens (primary N) is 1. The van der Waals surface area contributed by atoms with Gasteiger partial charge in [-0.1, -0.05) is 33.6 Å². The topological polar surface area (TPSA) is 35.2 Å². The van der Waals surface area contributed by atoms with E-state index in [0.717, 1.165) is 18.4 Å². The molecule has 0 aromatic rings. The second kappa shape index (κ2) is 4.73. The lowest BCUT2D eigenvalue weighted by Gasteiger charge is -2.39. The molecule has 0 aromatic carbocycles. The van der Waals surface area contributed by atoms with Crippen LogP contribution in [-0.4, -0.2) is 18.8 Å². The maximum absolute atomic E-state index is 6.34. The van der Waals surface area contributed by atoms with E-state index in [0.29, 0.717) is 16.9 Å². The highest BCUT2D eigenvalue weighted by molar-refractivity contribution is 5.11. The zero-order valence-electron chi connectivity index (χ0n) is 13.0. The summed E-state index contributed by atoms with van der Waals surface area (Å²) in [7, 11) is 0. The molecule has 0 radical (unpaired) electrons. The Kier molecular flexibility index (Phi) is 3.46. The lowest BCUT2D eigenvalue weighted by Crippen LogP contribution is -2.41. The summed E-state index contributed by atoms with van der Waals surface area (Å²) in [4.78, 5) is 0. The van der Waals surface area contributed by atoms with Crippen LogP contribution in [0, 0.1) is 22.7 Å². The fourth-order valence-corrected chi connectivity index (χ4v) is 5.13. The SMILES string of the molecule is CC1(C)C2CCC1(C)C(OCC(N)C1CCCC1)C2. The maximum Gasteiger partial charge on any atom is 0.0637 e. The van der Waals surface area contributed by atoms with Gasteiger partial charge >= 0.3 is 0 Å². The minimum absolute atomic E-state index is 0.272. The third-order valence-corrected chi connectivity index (χ3v) is 7.21. The molecule has 2 nitrogen and oxygen atoms in total. The molecule has 4 atom stereocenters. The molecule has 3 aliphatic rings. The van der Waals surface area contributed by atoms with Crippen LogP contribution in [0.25, 0.3) is 0 Å². The van der Waals surface area contributed by atoms with Gasteiger partial charge in [0.15, 0.2) is 0 Å². The van der Waals surface area contributed by atoms with Crippen molar-refractivity contribution < 1.29 is 4.74 Å². The minimum atomic E-state index is 0.272. The summed E-state index contributed by atoms with van der Waals surface area (Å²) in [6.07, 6.45) is 9.84. The standard InChI is InChI=1S/C17H31NO/c1-16(2)13-8-9-17(16,3)15(10-13)19-11-14(18)12-6-4-5-7-12/h12-15H,4-11,18H2,1-3H3. The minimum Gasteiger partial charge on any atom is -0.376 e. The van der Waals surface area contributed by atoms with Gasteiger partial charge in [-0.05, 0) is 54.8 Å². The van der Waals surface area contributed by atoms with Crippen molar-refractivity contribution in [2.45, 2.75) is 77.9 Å². The van der Waals surface area contributed by atoms with Gasteiger partial charge in [0.2, 0.25) is 0 Å². The smallest absolute Gasteiger partial charge is 0.0637 e. The van der Waals surface area contributed by atoms with Crippen LogP contribution in [0.5, 0.6) is 0 Å². The first kappa shape index (κ1) is 13.9. The van der Waals surface area contributed by atoms with Crippen molar-refractivity contribution in [1.82, 2.24) is 0 Å². The highest BCUT2D eigenvalue weighted by atomic mass is 16.5. The molecule has 2 bridgehead atoms. The van der Waals surface area contributed by atoms with E-state index in [1.54, 1.807) is 0 Å². The zero-order chi connectivity index (χ0) is 13.7. The van der Waals surface area contributed by atoms with Crippen LogP contribution in [0.3, 0.4) is 0 Å². The summed E-state index contributed by atoms with van der Waals surface area (Å²) < 4.78 is 6.32. The first-order chi connectivity index (χ1) is 8.95. The Hall–Kier alpha value is -0.0800. The van der Waals surface area contributed by atoms with Gasteiger partial charge in [-0.15, -0.1) is 0 Å². The Bertz CT molecular complexity index is 334. The normalized spacial score (nSPS) is 42.9. The monoisotopic (exact) mass is 265 g/mol. The number of hydrogen-bond donors (Lipinski definition) is 1. The van der Waals surface area contributed by atoms with E-state index in [9.17, 15) is 0 Å². The summed E-state index contributed by atoms with van der Waals surface area (Å²) in [5.74, 6) is 1.59. The van der Waals surface area contributed by atoms with E-state index >= 15 is 0 Å². The van der Waals surface area contributed by atoms with E-state index in [1.807, 2.05) is 0 Å². The third-order valence-electron chi connectivity index (χ3n) is 7.21. The van der Waals surface area contributed by atoms with Gasteiger partial charge in [0, 0.05) is 6.04 Å². The quantitative estimate of drug-likeness (QED) is 0.840. The summed E-state index contributed by atoms with van der Waals surface area (Å²) >= 11 is 0. The number of ether oxygens (including phenoxy) is 1. The average Bonchev–Trinajstić information content (AvgIpc) is 3.01. The highest BCUT2D eigenvalue weighted by Crippen LogP contribution is 2.66. The molecule has 0 saturated heterocycles. The van der Waals surface area contributed by atoms with Gasteiger partial charge in [0.25, 0.3) is 0 Å². The van der Waals surface area contributed by atoms with Gasteiger partial charge in [-0.2, -0.15) is 0 Å². The summed E-state index contributed by atoms with van der Waals surface area (Å²) in [5, 5.41) is 0. The molecule has 0 heterocycles. The van der Waals surface area contributed by atoms with E-state index in [1.165, 1.54) is 44.9 Å².